The summed E-state index contributed by atoms with van der Waals surface area (Å²) in [5.74, 6) is 0.886. The molecule has 1 aliphatic rings. The predicted octanol–water partition coefficient (Wildman–Crippen LogP) is 6.69. The van der Waals surface area contributed by atoms with Crippen LogP contribution >= 0.6 is 0 Å². The molecule has 0 aromatic heterocycles. The number of likely N-dealkylation sites (tertiary alicyclic amines) is 1. The second kappa shape index (κ2) is 12.6. The normalized spacial score (nSPS) is 16.9. The number of benzene rings is 2. The molecule has 0 amide bonds. The topological polar surface area (TPSA) is 43.7 Å². The van der Waals surface area contributed by atoms with Gasteiger partial charge in [-0.2, -0.15) is 0 Å². The molecule has 1 heterocycles. The molecule has 33 heavy (non-hydrogen) atoms. The summed E-state index contributed by atoms with van der Waals surface area (Å²) in [6, 6.07) is 16.6. The molecule has 1 aliphatic heterocycles. The van der Waals surface area contributed by atoms with Crippen molar-refractivity contribution in [2.75, 3.05) is 26.2 Å². The van der Waals surface area contributed by atoms with Crippen LogP contribution in [0.3, 0.4) is 0 Å². The SMILES string of the molecule is C\C=C/C(=C\C)C(/CCCO)=C(\c1ccc(C2CCN(CC)CC2)cc1)c1cccc(O)c1. The Morgan fingerprint density at radius 1 is 1.03 bits per heavy atom. The van der Waals surface area contributed by atoms with Crippen LogP contribution in [0.5, 0.6) is 5.75 Å². The number of phenolic OH excluding ortho intramolecular Hbond substituents is 1. The molecular formula is C30H39NO2. The molecule has 1 fully saturated rings. The summed E-state index contributed by atoms with van der Waals surface area (Å²) in [7, 11) is 0. The fourth-order valence-electron chi connectivity index (χ4n) is 4.90. The summed E-state index contributed by atoms with van der Waals surface area (Å²) in [5.41, 5.74) is 7.03. The van der Waals surface area contributed by atoms with E-state index in [-0.39, 0.29) is 12.4 Å². The van der Waals surface area contributed by atoms with Gasteiger partial charge in [0.25, 0.3) is 0 Å². The molecule has 2 N–H and O–H groups in total. The van der Waals surface area contributed by atoms with Gasteiger partial charge in [-0.15, -0.1) is 0 Å². The van der Waals surface area contributed by atoms with Crippen molar-refractivity contribution >= 4 is 5.57 Å². The number of hydrogen-bond acceptors (Lipinski definition) is 3. The molecule has 0 spiro atoms. The Balaban J connectivity index is 2.06. The van der Waals surface area contributed by atoms with E-state index < -0.39 is 0 Å². The van der Waals surface area contributed by atoms with E-state index in [0.717, 1.165) is 35.2 Å². The van der Waals surface area contributed by atoms with E-state index in [0.29, 0.717) is 12.3 Å². The van der Waals surface area contributed by atoms with Gasteiger partial charge in [0.1, 0.15) is 5.75 Å². The second-order valence-corrected chi connectivity index (χ2v) is 8.81. The molecule has 0 saturated carbocycles. The molecule has 0 unspecified atom stereocenters. The Morgan fingerprint density at radius 3 is 2.33 bits per heavy atom. The molecule has 0 radical (unpaired) electrons. The van der Waals surface area contributed by atoms with Crippen LogP contribution in [0.25, 0.3) is 5.57 Å². The van der Waals surface area contributed by atoms with Gasteiger partial charge < -0.3 is 15.1 Å². The zero-order valence-corrected chi connectivity index (χ0v) is 20.4. The summed E-state index contributed by atoms with van der Waals surface area (Å²) in [6.45, 7) is 9.97. The molecule has 0 aliphatic carbocycles. The van der Waals surface area contributed by atoms with Crippen LogP contribution in [0.4, 0.5) is 0 Å². The summed E-state index contributed by atoms with van der Waals surface area (Å²) >= 11 is 0. The number of aliphatic hydroxyl groups excluding tert-OH is 1. The first kappa shape index (κ1) is 25.0. The highest BCUT2D eigenvalue weighted by molar-refractivity contribution is 5.85. The predicted molar refractivity (Wildman–Crippen MR) is 140 cm³/mol. The lowest BCUT2D eigenvalue weighted by Gasteiger charge is -2.31. The number of phenols is 1. The smallest absolute Gasteiger partial charge is 0.116 e. The third-order valence-electron chi connectivity index (χ3n) is 6.73. The van der Waals surface area contributed by atoms with Crippen molar-refractivity contribution < 1.29 is 10.2 Å². The van der Waals surface area contributed by atoms with Gasteiger partial charge in [-0.3, -0.25) is 0 Å². The van der Waals surface area contributed by atoms with E-state index in [9.17, 15) is 10.2 Å². The highest BCUT2D eigenvalue weighted by atomic mass is 16.3. The monoisotopic (exact) mass is 445 g/mol. The lowest BCUT2D eigenvalue weighted by molar-refractivity contribution is 0.222. The molecule has 2 aromatic rings. The van der Waals surface area contributed by atoms with Gasteiger partial charge in [0.05, 0.1) is 0 Å². The number of nitrogens with zero attached hydrogens (tertiary/aromatic N) is 1. The van der Waals surface area contributed by atoms with E-state index in [4.69, 9.17) is 0 Å². The quantitative estimate of drug-likeness (QED) is 0.423. The summed E-state index contributed by atoms with van der Waals surface area (Å²) in [4.78, 5) is 2.53. The third kappa shape index (κ3) is 6.46. The Bertz CT molecular complexity index is 977. The number of aromatic hydroxyl groups is 1. The number of piperidine rings is 1. The van der Waals surface area contributed by atoms with E-state index in [2.05, 4.69) is 67.3 Å². The lowest BCUT2D eigenvalue weighted by Crippen LogP contribution is -2.32. The second-order valence-electron chi connectivity index (χ2n) is 8.81. The first-order chi connectivity index (χ1) is 16.1. The molecule has 0 atom stereocenters. The fourth-order valence-corrected chi connectivity index (χ4v) is 4.90. The van der Waals surface area contributed by atoms with Gasteiger partial charge in [-0.25, -0.2) is 0 Å². The molecule has 3 rings (SSSR count). The summed E-state index contributed by atoms with van der Waals surface area (Å²) in [6.07, 6.45) is 10.2. The largest absolute Gasteiger partial charge is 0.508 e. The maximum atomic E-state index is 10.2. The molecule has 3 nitrogen and oxygen atoms in total. The minimum absolute atomic E-state index is 0.152. The Kier molecular flexibility index (Phi) is 9.53. The van der Waals surface area contributed by atoms with Crippen molar-refractivity contribution in [3.8, 4) is 5.75 Å². The van der Waals surface area contributed by atoms with Gasteiger partial charge in [0.15, 0.2) is 0 Å². The van der Waals surface area contributed by atoms with Gasteiger partial charge in [0, 0.05) is 6.61 Å². The van der Waals surface area contributed by atoms with Crippen LogP contribution in [0.15, 0.2) is 77.9 Å². The van der Waals surface area contributed by atoms with Crippen molar-refractivity contribution in [2.24, 2.45) is 0 Å². The minimum atomic E-state index is 0.152. The maximum Gasteiger partial charge on any atom is 0.116 e. The molecule has 2 aromatic carbocycles. The molecule has 176 valence electrons. The van der Waals surface area contributed by atoms with Crippen LogP contribution in [0, 0.1) is 0 Å². The van der Waals surface area contributed by atoms with Gasteiger partial charge in [-0.1, -0.05) is 61.5 Å². The Morgan fingerprint density at radius 2 is 1.76 bits per heavy atom. The number of hydrogen-bond donors (Lipinski definition) is 2. The Labute approximate surface area is 199 Å². The standard InChI is InChI=1S/C30H39NO2/c1-4-9-23(5-2)29(12-8-21-32)30(27-10-7-11-28(33)22-27)26-15-13-24(14-16-26)25-17-19-31(6-3)20-18-25/h4-5,7,9-11,13-16,22,25,32-33H,6,8,12,17-21H2,1-3H3/b9-4-,23-5+,30-29+. The van der Waals surface area contributed by atoms with Crippen LogP contribution < -0.4 is 0 Å². The average Bonchev–Trinajstić information content (AvgIpc) is 2.85. The number of aliphatic hydroxyl groups is 1. The van der Waals surface area contributed by atoms with Gasteiger partial charge in [0.2, 0.25) is 0 Å². The van der Waals surface area contributed by atoms with E-state index in [1.54, 1.807) is 6.07 Å². The zero-order chi connectivity index (χ0) is 23.6. The van der Waals surface area contributed by atoms with Crippen LogP contribution in [-0.2, 0) is 0 Å². The van der Waals surface area contributed by atoms with E-state index in [1.165, 1.54) is 37.1 Å². The van der Waals surface area contributed by atoms with Crippen LogP contribution in [-0.4, -0.2) is 41.4 Å². The highest BCUT2D eigenvalue weighted by Crippen LogP contribution is 2.36. The van der Waals surface area contributed by atoms with Crippen LogP contribution in [0.2, 0.25) is 0 Å². The van der Waals surface area contributed by atoms with Crippen molar-refractivity contribution in [2.45, 2.75) is 52.4 Å². The number of rotatable bonds is 9. The van der Waals surface area contributed by atoms with Crippen molar-refractivity contribution in [3.05, 3.63) is 94.6 Å². The third-order valence-corrected chi connectivity index (χ3v) is 6.73. The van der Waals surface area contributed by atoms with Crippen LogP contribution in [0.1, 0.15) is 69.1 Å². The average molecular weight is 446 g/mol. The maximum absolute atomic E-state index is 10.2. The molecule has 1 saturated heterocycles. The highest BCUT2D eigenvalue weighted by Gasteiger charge is 2.20. The fraction of sp³-hybridized carbons (Fsp3) is 0.400. The van der Waals surface area contributed by atoms with Crippen molar-refractivity contribution in [1.29, 1.82) is 0 Å². The van der Waals surface area contributed by atoms with Crippen molar-refractivity contribution in [1.82, 2.24) is 4.90 Å². The Hall–Kier alpha value is -2.62. The minimum Gasteiger partial charge on any atom is -0.508 e. The first-order valence-corrected chi connectivity index (χ1v) is 12.4. The van der Waals surface area contributed by atoms with Gasteiger partial charge in [-0.05, 0) is 111 Å². The summed E-state index contributed by atoms with van der Waals surface area (Å²) < 4.78 is 0. The van der Waals surface area contributed by atoms with Crippen molar-refractivity contribution in [3.63, 3.8) is 0 Å². The molecule has 0 bridgehead atoms. The van der Waals surface area contributed by atoms with E-state index in [1.807, 2.05) is 19.1 Å². The summed E-state index contributed by atoms with van der Waals surface area (Å²) in [5, 5.41) is 19.8. The lowest BCUT2D eigenvalue weighted by atomic mass is 9.84. The first-order valence-electron chi connectivity index (χ1n) is 12.4. The molecular weight excluding hydrogens is 406 g/mol. The zero-order valence-electron chi connectivity index (χ0n) is 20.4. The molecule has 3 heteroatoms. The van der Waals surface area contributed by atoms with E-state index >= 15 is 0 Å². The number of allylic oxidation sites excluding steroid dienone is 5. The van der Waals surface area contributed by atoms with Gasteiger partial charge >= 0.3 is 0 Å².